The zero-order chi connectivity index (χ0) is 21.5. The van der Waals surface area contributed by atoms with E-state index in [0.29, 0.717) is 18.7 Å². The van der Waals surface area contributed by atoms with Crippen molar-refractivity contribution in [2.75, 3.05) is 26.8 Å². The first-order valence-corrected chi connectivity index (χ1v) is 10.6. The SMILES string of the molecule is COc1ccc(OCCNC(=O)c2ccc(CN3CCc4ccccc4C3)cc2)cc1. The van der Waals surface area contributed by atoms with E-state index in [-0.39, 0.29) is 5.91 Å². The number of carbonyl (C=O) groups is 1. The summed E-state index contributed by atoms with van der Waals surface area (Å²) in [5, 5.41) is 2.90. The Labute approximate surface area is 183 Å². The lowest BCUT2D eigenvalue weighted by molar-refractivity contribution is 0.0947. The Bertz CT molecular complexity index is 1000. The molecule has 3 aromatic carbocycles. The van der Waals surface area contributed by atoms with E-state index in [1.54, 1.807) is 7.11 Å². The lowest BCUT2D eigenvalue weighted by Crippen LogP contribution is -2.30. The van der Waals surface area contributed by atoms with Gasteiger partial charge in [-0.05, 0) is 59.5 Å². The number of amides is 1. The summed E-state index contributed by atoms with van der Waals surface area (Å²) < 4.78 is 10.8. The Kier molecular flexibility index (Phi) is 6.85. The highest BCUT2D eigenvalue weighted by molar-refractivity contribution is 5.94. The molecule has 0 unspecified atom stereocenters. The van der Waals surface area contributed by atoms with Crippen LogP contribution in [0, 0.1) is 0 Å². The Hall–Kier alpha value is -3.31. The number of hydrogen-bond acceptors (Lipinski definition) is 4. The monoisotopic (exact) mass is 416 g/mol. The van der Waals surface area contributed by atoms with Crippen LogP contribution >= 0.6 is 0 Å². The maximum atomic E-state index is 12.4. The maximum Gasteiger partial charge on any atom is 0.251 e. The van der Waals surface area contributed by atoms with Crippen molar-refractivity contribution in [3.63, 3.8) is 0 Å². The highest BCUT2D eigenvalue weighted by Crippen LogP contribution is 2.20. The quantitative estimate of drug-likeness (QED) is 0.563. The van der Waals surface area contributed by atoms with Crippen LogP contribution in [-0.4, -0.2) is 37.6 Å². The summed E-state index contributed by atoms with van der Waals surface area (Å²) in [5.74, 6) is 1.45. The molecule has 0 aromatic heterocycles. The fourth-order valence-electron chi connectivity index (χ4n) is 3.82. The van der Waals surface area contributed by atoms with E-state index in [1.807, 2.05) is 48.5 Å². The third kappa shape index (κ3) is 5.64. The third-order valence-electron chi connectivity index (χ3n) is 5.55. The molecule has 0 bridgehead atoms. The number of nitrogens with one attached hydrogen (secondary N) is 1. The second-order valence-electron chi connectivity index (χ2n) is 7.71. The molecule has 160 valence electrons. The maximum absolute atomic E-state index is 12.4. The van der Waals surface area contributed by atoms with Crippen LogP contribution in [-0.2, 0) is 19.5 Å². The molecular weight excluding hydrogens is 388 g/mol. The predicted molar refractivity (Wildman–Crippen MR) is 122 cm³/mol. The molecule has 0 radical (unpaired) electrons. The molecule has 5 heteroatoms. The standard InChI is InChI=1S/C26H28N2O3/c1-30-24-10-12-25(13-11-24)31-17-15-27-26(29)22-8-6-20(7-9-22)18-28-16-14-21-4-2-3-5-23(21)19-28/h2-13H,14-19H2,1H3,(H,27,29). The summed E-state index contributed by atoms with van der Waals surface area (Å²) in [4.78, 5) is 14.8. The van der Waals surface area contributed by atoms with Crippen molar-refractivity contribution < 1.29 is 14.3 Å². The second-order valence-corrected chi connectivity index (χ2v) is 7.71. The van der Waals surface area contributed by atoms with Gasteiger partial charge in [-0.2, -0.15) is 0 Å². The molecule has 3 aromatic rings. The molecule has 0 saturated heterocycles. The number of rotatable bonds is 8. The summed E-state index contributed by atoms with van der Waals surface area (Å²) in [7, 11) is 1.63. The van der Waals surface area contributed by atoms with E-state index in [9.17, 15) is 4.79 Å². The minimum absolute atomic E-state index is 0.0863. The summed E-state index contributed by atoms with van der Waals surface area (Å²) in [6, 6.07) is 23.9. The van der Waals surface area contributed by atoms with E-state index < -0.39 is 0 Å². The summed E-state index contributed by atoms with van der Waals surface area (Å²) >= 11 is 0. The minimum Gasteiger partial charge on any atom is -0.497 e. The van der Waals surface area contributed by atoms with E-state index in [0.717, 1.165) is 37.6 Å². The molecule has 0 aliphatic carbocycles. The molecule has 0 fully saturated rings. The second kappa shape index (κ2) is 10.1. The van der Waals surface area contributed by atoms with Crippen LogP contribution < -0.4 is 14.8 Å². The topological polar surface area (TPSA) is 50.8 Å². The van der Waals surface area contributed by atoms with Crippen molar-refractivity contribution in [3.8, 4) is 11.5 Å². The van der Waals surface area contributed by atoms with Gasteiger partial charge in [0.1, 0.15) is 18.1 Å². The van der Waals surface area contributed by atoms with Crippen molar-refractivity contribution in [2.24, 2.45) is 0 Å². The number of hydrogen-bond donors (Lipinski definition) is 1. The minimum atomic E-state index is -0.0863. The molecule has 5 nitrogen and oxygen atoms in total. The molecule has 0 saturated carbocycles. The van der Waals surface area contributed by atoms with E-state index in [1.165, 1.54) is 16.7 Å². The molecule has 1 aliphatic rings. The normalized spacial score (nSPS) is 13.3. The van der Waals surface area contributed by atoms with Crippen molar-refractivity contribution in [1.29, 1.82) is 0 Å². The zero-order valence-corrected chi connectivity index (χ0v) is 17.8. The van der Waals surface area contributed by atoms with Crippen LogP contribution in [0.4, 0.5) is 0 Å². The molecule has 0 atom stereocenters. The van der Waals surface area contributed by atoms with E-state index in [2.05, 4.69) is 34.5 Å². The highest BCUT2D eigenvalue weighted by Gasteiger charge is 2.16. The van der Waals surface area contributed by atoms with Crippen molar-refractivity contribution in [3.05, 3.63) is 95.1 Å². The number of nitrogens with zero attached hydrogens (tertiary/aromatic N) is 1. The van der Waals surface area contributed by atoms with Gasteiger partial charge in [0.05, 0.1) is 13.7 Å². The molecular formula is C26H28N2O3. The molecule has 1 aliphatic heterocycles. The Morgan fingerprint density at radius 3 is 2.39 bits per heavy atom. The summed E-state index contributed by atoms with van der Waals surface area (Å²) in [5.41, 5.74) is 4.76. The first kappa shape index (κ1) is 20.9. The van der Waals surface area contributed by atoms with Crippen LogP contribution in [0.5, 0.6) is 11.5 Å². The summed E-state index contributed by atoms with van der Waals surface area (Å²) in [6.45, 7) is 3.79. The van der Waals surface area contributed by atoms with Gasteiger partial charge in [-0.15, -0.1) is 0 Å². The Morgan fingerprint density at radius 1 is 0.935 bits per heavy atom. The van der Waals surface area contributed by atoms with Gasteiger partial charge >= 0.3 is 0 Å². The smallest absolute Gasteiger partial charge is 0.251 e. The fourth-order valence-corrected chi connectivity index (χ4v) is 3.82. The van der Waals surface area contributed by atoms with Gasteiger partial charge in [0, 0.05) is 25.2 Å². The van der Waals surface area contributed by atoms with Crippen LogP contribution in [0.2, 0.25) is 0 Å². The fraction of sp³-hybridized carbons (Fsp3) is 0.269. The zero-order valence-electron chi connectivity index (χ0n) is 17.8. The largest absolute Gasteiger partial charge is 0.497 e. The van der Waals surface area contributed by atoms with Gasteiger partial charge in [-0.25, -0.2) is 0 Å². The molecule has 1 amide bonds. The van der Waals surface area contributed by atoms with E-state index in [4.69, 9.17) is 9.47 Å². The lowest BCUT2D eigenvalue weighted by Gasteiger charge is -2.28. The molecule has 4 rings (SSSR count). The predicted octanol–water partition coefficient (Wildman–Crippen LogP) is 4.06. The number of benzene rings is 3. The Balaban J connectivity index is 1.22. The van der Waals surface area contributed by atoms with Gasteiger partial charge in [0.15, 0.2) is 0 Å². The van der Waals surface area contributed by atoms with Gasteiger partial charge in [0.25, 0.3) is 5.91 Å². The molecule has 0 spiro atoms. The van der Waals surface area contributed by atoms with Crippen molar-refractivity contribution in [1.82, 2.24) is 10.2 Å². The average molecular weight is 417 g/mol. The first-order valence-electron chi connectivity index (χ1n) is 10.6. The Morgan fingerprint density at radius 2 is 1.65 bits per heavy atom. The van der Waals surface area contributed by atoms with Crippen LogP contribution in [0.25, 0.3) is 0 Å². The highest BCUT2D eigenvalue weighted by atomic mass is 16.5. The van der Waals surface area contributed by atoms with Gasteiger partial charge < -0.3 is 14.8 Å². The number of ether oxygens (including phenoxy) is 2. The molecule has 1 heterocycles. The van der Waals surface area contributed by atoms with Gasteiger partial charge in [0.2, 0.25) is 0 Å². The van der Waals surface area contributed by atoms with Crippen LogP contribution in [0.1, 0.15) is 27.0 Å². The van der Waals surface area contributed by atoms with Crippen molar-refractivity contribution in [2.45, 2.75) is 19.5 Å². The first-order chi connectivity index (χ1) is 15.2. The van der Waals surface area contributed by atoms with E-state index >= 15 is 0 Å². The van der Waals surface area contributed by atoms with Gasteiger partial charge in [-0.3, -0.25) is 9.69 Å². The van der Waals surface area contributed by atoms with Gasteiger partial charge in [-0.1, -0.05) is 36.4 Å². The van der Waals surface area contributed by atoms with Crippen LogP contribution in [0.3, 0.4) is 0 Å². The molecule has 1 N–H and O–H groups in total. The van der Waals surface area contributed by atoms with Crippen molar-refractivity contribution >= 4 is 5.91 Å². The molecule has 31 heavy (non-hydrogen) atoms. The van der Waals surface area contributed by atoms with Crippen LogP contribution in [0.15, 0.2) is 72.8 Å². The average Bonchev–Trinajstić information content (AvgIpc) is 2.82. The lowest BCUT2D eigenvalue weighted by atomic mass is 9.99. The summed E-state index contributed by atoms with van der Waals surface area (Å²) in [6.07, 6.45) is 1.09. The number of methoxy groups -OCH3 is 1. The number of fused-ring (bicyclic) bond motifs is 1. The third-order valence-corrected chi connectivity index (χ3v) is 5.55. The number of carbonyl (C=O) groups excluding carboxylic acids is 1.